The number of likely N-dealkylation sites (N-methyl/N-ethyl adjacent to an activating group) is 1. The lowest BCUT2D eigenvalue weighted by molar-refractivity contribution is -0.870. The Morgan fingerprint density at radius 2 is 0.983 bits per heavy atom. The van der Waals surface area contributed by atoms with Crippen molar-refractivity contribution in [2.75, 3.05) is 54.1 Å². The number of phosphoric acid groups is 1. The molecule has 0 saturated carbocycles. The van der Waals surface area contributed by atoms with Crippen LogP contribution in [0.4, 0.5) is 0 Å². The third-order valence-electron chi connectivity index (χ3n) is 9.74. The van der Waals surface area contributed by atoms with Gasteiger partial charge in [-0.15, -0.1) is 0 Å². The Morgan fingerprint density at radius 3 is 1.47 bits per heavy atom. The van der Waals surface area contributed by atoms with Crippen molar-refractivity contribution < 1.29 is 37.3 Å². The summed E-state index contributed by atoms with van der Waals surface area (Å²) >= 11 is 0. The van der Waals surface area contributed by atoms with Gasteiger partial charge in [0.05, 0.1) is 34.4 Å². The number of unbranched alkanes of at least 4 members (excludes halogenated alkanes) is 17. The Hall–Kier alpha value is -2.06. The van der Waals surface area contributed by atoms with E-state index in [9.17, 15) is 14.3 Å². The highest BCUT2D eigenvalue weighted by Gasteiger charge is 2.20. The van der Waals surface area contributed by atoms with Gasteiger partial charge in [-0.05, 0) is 83.5 Å². The van der Waals surface area contributed by atoms with Crippen molar-refractivity contribution >= 4 is 13.8 Å². The van der Waals surface area contributed by atoms with Crippen LogP contribution in [-0.4, -0.2) is 70.7 Å². The Morgan fingerprint density at radius 1 is 0.542 bits per heavy atom. The molecule has 0 N–H and O–H groups in total. The topological polar surface area (TPSA) is 94.1 Å². The molecular weight excluding hydrogens is 758 g/mol. The number of allylic oxidation sites excluding steroid dienone is 12. The summed E-state index contributed by atoms with van der Waals surface area (Å²) in [6, 6.07) is 0. The minimum absolute atomic E-state index is 0.0177. The molecular formula is C50H90NO7P. The van der Waals surface area contributed by atoms with E-state index in [0.29, 0.717) is 24.1 Å². The SMILES string of the molecule is CC/C=C\C/C=C\C/C=C\C/C=C\CCCCCCCOCC(COP(=O)([O-])OCC[N+](C)(C)C)OC(=O)CCCCCCCCCCC/C=C\C/C=C\CCCCC. The maximum atomic E-state index is 12.7. The van der Waals surface area contributed by atoms with Gasteiger partial charge in [-0.3, -0.25) is 9.36 Å². The summed E-state index contributed by atoms with van der Waals surface area (Å²) in [6.45, 7) is 5.22. The number of quaternary nitrogens is 1. The van der Waals surface area contributed by atoms with Gasteiger partial charge in [0.25, 0.3) is 7.82 Å². The third kappa shape index (κ3) is 46.9. The lowest BCUT2D eigenvalue weighted by Gasteiger charge is -2.28. The van der Waals surface area contributed by atoms with Crippen molar-refractivity contribution in [1.29, 1.82) is 0 Å². The van der Waals surface area contributed by atoms with E-state index in [1.807, 2.05) is 21.1 Å². The number of carbonyl (C=O) groups excluding carboxylic acids is 1. The standard InChI is InChI=1S/C50H90NO7P/c1-6-8-10-12-14-16-18-20-22-24-26-27-29-31-33-35-37-39-41-43-50(52)58-49(48-57-59(53,54)56-46-44-51(3,4)5)47-55-45-42-40-38-36-34-32-30-28-25-23-21-19-17-15-13-11-9-7-2/h9,11,14-17,20-23,28,30,49H,6-8,10,12-13,18-19,24-27,29,31-48H2,1-5H3/b11-9-,16-14-,17-15-,22-20-,23-21-,30-28-. The second-order valence-electron chi connectivity index (χ2n) is 16.7. The van der Waals surface area contributed by atoms with Crippen LogP contribution in [0.5, 0.6) is 0 Å². The van der Waals surface area contributed by atoms with E-state index in [2.05, 4.69) is 86.8 Å². The van der Waals surface area contributed by atoms with Crippen LogP contribution in [0.2, 0.25) is 0 Å². The smallest absolute Gasteiger partial charge is 0.306 e. The number of rotatable bonds is 43. The number of esters is 1. The molecule has 8 nitrogen and oxygen atoms in total. The molecule has 0 aliphatic heterocycles. The molecule has 0 spiro atoms. The van der Waals surface area contributed by atoms with Gasteiger partial charge >= 0.3 is 5.97 Å². The zero-order valence-electron chi connectivity index (χ0n) is 38.7. The van der Waals surface area contributed by atoms with Crippen LogP contribution in [0.3, 0.4) is 0 Å². The summed E-state index contributed by atoms with van der Waals surface area (Å²) in [5, 5.41) is 0. The van der Waals surface area contributed by atoms with Gasteiger partial charge < -0.3 is 27.9 Å². The molecule has 9 heteroatoms. The van der Waals surface area contributed by atoms with Crippen LogP contribution in [0.1, 0.15) is 181 Å². The average Bonchev–Trinajstić information content (AvgIpc) is 3.19. The van der Waals surface area contributed by atoms with Crippen molar-refractivity contribution in [3.05, 3.63) is 72.9 Å². The van der Waals surface area contributed by atoms with Crippen molar-refractivity contribution in [2.45, 2.75) is 187 Å². The summed E-state index contributed by atoms with van der Waals surface area (Å²) in [5.74, 6) is -0.348. The van der Waals surface area contributed by atoms with Gasteiger partial charge in [-0.2, -0.15) is 0 Å². The van der Waals surface area contributed by atoms with E-state index in [-0.39, 0.29) is 25.8 Å². The first-order valence-corrected chi connectivity index (χ1v) is 25.1. The lowest BCUT2D eigenvalue weighted by atomic mass is 10.1. The maximum absolute atomic E-state index is 12.7. The normalized spacial score (nSPS) is 14.3. The Bertz CT molecular complexity index is 1170. The third-order valence-corrected chi connectivity index (χ3v) is 10.7. The number of ether oxygens (including phenoxy) is 2. The molecule has 0 aliphatic carbocycles. The molecule has 0 aromatic rings. The molecule has 0 radical (unpaired) electrons. The number of nitrogens with zero attached hydrogens (tertiary/aromatic N) is 1. The molecule has 0 saturated heterocycles. The van der Waals surface area contributed by atoms with Crippen LogP contribution in [0, 0.1) is 0 Å². The number of hydrogen-bond acceptors (Lipinski definition) is 7. The van der Waals surface area contributed by atoms with Crippen molar-refractivity contribution in [1.82, 2.24) is 0 Å². The highest BCUT2D eigenvalue weighted by atomic mass is 31.2. The molecule has 0 bridgehead atoms. The van der Waals surface area contributed by atoms with E-state index in [1.54, 1.807) is 0 Å². The minimum Gasteiger partial charge on any atom is -0.756 e. The Kier molecular flexibility index (Phi) is 41.1. The fourth-order valence-corrected chi connectivity index (χ4v) is 6.82. The fourth-order valence-electron chi connectivity index (χ4n) is 6.10. The first-order valence-electron chi connectivity index (χ1n) is 23.7. The van der Waals surface area contributed by atoms with Gasteiger partial charge in [-0.1, -0.05) is 164 Å². The van der Waals surface area contributed by atoms with Crippen LogP contribution >= 0.6 is 7.82 Å². The monoisotopic (exact) mass is 848 g/mol. The highest BCUT2D eigenvalue weighted by Crippen LogP contribution is 2.38. The Balaban J connectivity index is 4.25. The maximum Gasteiger partial charge on any atom is 0.306 e. The molecule has 0 heterocycles. The Labute approximate surface area is 363 Å². The van der Waals surface area contributed by atoms with E-state index < -0.39 is 13.9 Å². The zero-order valence-corrected chi connectivity index (χ0v) is 39.6. The molecule has 0 fully saturated rings. The van der Waals surface area contributed by atoms with Gasteiger partial charge in [0.15, 0.2) is 0 Å². The largest absolute Gasteiger partial charge is 0.756 e. The summed E-state index contributed by atoms with van der Waals surface area (Å²) in [4.78, 5) is 25.1. The van der Waals surface area contributed by atoms with Gasteiger partial charge in [0, 0.05) is 13.0 Å². The second-order valence-corrected chi connectivity index (χ2v) is 18.1. The summed E-state index contributed by atoms with van der Waals surface area (Å²) in [6.07, 6.45) is 54.8. The molecule has 2 unspecified atom stereocenters. The summed E-state index contributed by atoms with van der Waals surface area (Å²) in [5.41, 5.74) is 0. The van der Waals surface area contributed by atoms with E-state index >= 15 is 0 Å². The van der Waals surface area contributed by atoms with Gasteiger partial charge in [0.1, 0.15) is 19.3 Å². The van der Waals surface area contributed by atoms with Gasteiger partial charge in [0.2, 0.25) is 0 Å². The molecule has 0 rings (SSSR count). The number of carbonyl (C=O) groups is 1. The predicted molar refractivity (Wildman–Crippen MR) is 249 cm³/mol. The molecule has 0 aliphatic rings. The second kappa shape index (κ2) is 42.6. The van der Waals surface area contributed by atoms with Crippen LogP contribution in [-0.2, 0) is 27.9 Å². The summed E-state index contributed by atoms with van der Waals surface area (Å²) < 4.78 is 34.6. The van der Waals surface area contributed by atoms with E-state index in [0.717, 1.165) is 77.0 Å². The highest BCUT2D eigenvalue weighted by molar-refractivity contribution is 7.45. The fraction of sp³-hybridized carbons (Fsp3) is 0.740. The summed E-state index contributed by atoms with van der Waals surface area (Å²) in [7, 11) is 1.33. The van der Waals surface area contributed by atoms with E-state index in [1.165, 1.54) is 83.5 Å². The first-order chi connectivity index (χ1) is 28.6. The predicted octanol–water partition coefficient (Wildman–Crippen LogP) is 13.6. The van der Waals surface area contributed by atoms with Crippen LogP contribution in [0.15, 0.2) is 72.9 Å². The van der Waals surface area contributed by atoms with Crippen molar-refractivity contribution in [2.24, 2.45) is 0 Å². The van der Waals surface area contributed by atoms with Crippen molar-refractivity contribution in [3.63, 3.8) is 0 Å². The molecule has 0 aromatic heterocycles. The zero-order chi connectivity index (χ0) is 43.4. The molecule has 2 atom stereocenters. The molecule has 0 amide bonds. The number of phosphoric ester groups is 1. The van der Waals surface area contributed by atoms with Gasteiger partial charge in [-0.25, -0.2) is 0 Å². The average molecular weight is 848 g/mol. The van der Waals surface area contributed by atoms with Crippen LogP contribution in [0.25, 0.3) is 0 Å². The molecule has 342 valence electrons. The van der Waals surface area contributed by atoms with Crippen LogP contribution < -0.4 is 4.89 Å². The lowest BCUT2D eigenvalue weighted by Crippen LogP contribution is -2.37. The first kappa shape index (κ1) is 56.9. The quantitative estimate of drug-likeness (QED) is 0.0198. The molecule has 59 heavy (non-hydrogen) atoms. The number of hydrogen-bond donors (Lipinski definition) is 0. The molecule has 0 aromatic carbocycles. The van der Waals surface area contributed by atoms with E-state index in [4.69, 9.17) is 18.5 Å². The van der Waals surface area contributed by atoms with Crippen molar-refractivity contribution in [3.8, 4) is 0 Å². The minimum atomic E-state index is -4.54.